The molecule has 1 unspecified atom stereocenters. The molecule has 4 heteroatoms. The SMILES string of the molecule is CC(N)Cc1cccc(OCc2ccc(F)cc2F)c1. The van der Waals surface area contributed by atoms with Crippen LogP contribution in [-0.4, -0.2) is 6.04 Å². The minimum Gasteiger partial charge on any atom is -0.489 e. The quantitative estimate of drug-likeness (QED) is 0.908. The Labute approximate surface area is 117 Å². The Hall–Kier alpha value is -1.94. The van der Waals surface area contributed by atoms with Crippen molar-refractivity contribution in [1.82, 2.24) is 0 Å². The van der Waals surface area contributed by atoms with Gasteiger partial charge < -0.3 is 10.5 Å². The zero-order valence-corrected chi connectivity index (χ0v) is 11.3. The Kier molecular flexibility index (Phi) is 4.69. The standard InChI is InChI=1S/C16H17F2NO/c1-11(19)7-12-3-2-4-15(8-12)20-10-13-5-6-14(17)9-16(13)18/h2-6,8-9,11H,7,10,19H2,1H3. The van der Waals surface area contributed by atoms with E-state index in [-0.39, 0.29) is 12.6 Å². The van der Waals surface area contributed by atoms with E-state index in [1.165, 1.54) is 12.1 Å². The van der Waals surface area contributed by atoms with E-state index in [9.17, 15) is 8.78 Å². The van der Waals surface area contributed by atoms with Crippen LogP contribution in [0.5, 0.6) is 5.75 Å². The molecule has 0 aliphatic carbocycles. The van der Waals surface area contributed by atoms with Gasteiger partial charge in [-0.1, -0.05) is 12.1 Å². The molecule has 2 N–H and O–H groups in total. The van der Waals surface area contributed by atoms with Crippen LogP contribution in [0.25, 0.3) is 0 Å². The average Bonchev–Trinajstić information content (AvgIpc) is 2.37. The third kappa shape index (κ3) is 4.03. The first kappa shape index (κ1) is 14.5. The summed E-state index contributed by atoms with van der Waals surface area (Å²) in [6, 6.07) is 11.0. The van der Waals surface area contributed by atoms with Crippen LogP contribution in [0.3, 0.4) is 0 Å². The smallest absolute Gasteiger partial charge is 0.132 e. The number of ether oxygens (including phenoxy) is 1. The maximum Gasteiger partial charge on any atom is 0.132 e. The van der Waals surface area contributed by atoms with Crippen molar-refractivity contribution in [1.29, 1.82) is 0 Å². The summed E-state index contributed by atoms with van der Waals surface area (Å²) in [5, 5.41) is 0. The van der Waals surface area contributed by atoms with Gasteiger partial charge in [-0.05, 0) is 43.2 Å². The van der Waals surface area contributed by atoms with Gasteiger partial charge in [-0.3, -0.25) is 0 Å². The van der Waals surface area contributed by atoms with Gasteiger partial charge in [0.2, 0.25) is 0 Å². The average molecular weight is 277 g/mol. The Bertz CT molecular complexity index is 584. The molecule has 1 atom stereocenters. The van der Waals surface area contributed by atoms with Crippen LogP contribution in [0.1, 0.15) is 18.1 Å². The number of hydrogen-bond donors (Lipinski definition) is 1. The van der Waals surface area contributed by atoms with Crippen molar-refractivity contribution in [2.24, 2.45) is 5.73 Å². The lowest BCUT2D eigenvalue weighted by Gasteiger charge is -2.10. The molecule has 2 rings (SSSR count). The summed E-state index contributed by atoms with van der Waals surface area (Å²) in [6.07, 6.45) is 0.752. The minimum atomic E-state index is -0.600. The van der Waals surface area contributed by atoms with Crippen molar-refractivity contribution in [3.05, 3.63) is 65.2 Å². The summed E-state index contributed by atoms with van der Waals surface area (Å²) in [5.41, 5.74) is 7.14. The lowest BCUT2D eigenvalue weighted by Crippen LogP contribution is -2.17. The number of benzene rings is 2. The van der Waals surface area contributed by atoms with Crippen molar-refractivity contribution < 1.29 is 13.5 Å². The lowest BCUT2D eigenvalue weighted by atomic mass is 10.1. The van der Waals surface area contributed by atoms with E-state index in [1.807, 2.05) is 25.1 Å². The summed E-state index contributed by atoms with van der Waals surface area (Å²) in [4.78, 5) is 0. The first-order valence-corrected chi connectivity index (χ1v) is 6.46. The molecule has 0 amide bonds. The highest BCUT2D eigenvalue weighted by molar-refractivity contribution is 5.29. The molecule has 2 aromatic carbocycles. The number of rotatable bonds is 5. The highest BCUT2D eigenvalue weighted by Crippen LogP contribution is 2.17. The van der Waals surface area contributed by atoms with Crippen LogP contribution < -0.4 is 10.5 Å². The largest absolute Gasteiger partial charge is 0.489 e. The molecule has 0 fully saturated rings. The molecule has 2 nitrogen and oxygen atoms in total. The highest BCUT2D eigenvalue weighted by atomic mass is 19.1. The fraction of sp³-hybridized carbons (Fsp3) is 0.250. The molecule has 0 heterocycles. The summed E-state index contributed by atoms with van der Waals surface area (Å²) in [7, 11) is 0. The van der Waals surface area contributed by atoms with Crippen molar-refractivity contribution in [3.63, 3.8) is 0 Å². The van der Waals surface area contributed by atoms with Gasteiger partial charge in [0.05, 0.1) is 0 Å². The molecule has 0 aliphatic heterocycles. The van der Waals surface area contributed by atoms with Gasteiger partial charge in [0.25, 0.3) is 0 Å². The van der Waals surface area contributed by atoms with E-state index in [0.717, 1.165) is 18.1 Å². The second kappa shape index (κ2) is 6.48. The Morgan fingerprint density at radius 2 is 1.95 bits per heavy atom. The van der Waals surface area contributed by atoms with Crippen molar-refractivity contribution in [2.45, 2.75) is 26.0 Å². The van der Waals surface area contributed by atoms with E-state index in [2.05, 4.69) is 0 Å². The Morgan fingerprint density at radius 3 is 2.65 bits per heavy atom. The molecular formula is C16H17F2NO. The number of halogens is 2. The molecule has 2 aromatic rings. The summed E-state index contributed by atoms with van der Waals surface area (Å²) in [5.74, 6) is -0.547. The van der Waals surface area contributed by atoms with Crippen molar-refractivity contribution >= 4 is 0 Å². The third-order valence-corrected chi connectivity index (χ3v) is 2.87. The van der Waals surface area contributed by atoms with E-state index >= 15 is 0 Å². The van der Waals surface area contributed by atoms with Crippen molar-refractivity contribution in [2.75, 3.05) is 0 Å². The van der Waals surface area contributed by atoms with E-state index < -0.39 is 11.6 Å². The van der Waals surface area contributed by atoms with Gasteiger partial charge >= 0.3 is 0 Å². The van der Waals surface area contributed by atoms with Crippen LogP contribution in [-0.2, 0) is 13.0 Å². The monoisotopic (exact) mass is 277 g/mol. The lowest BCUT2D eigenvalue weighted by molar-refractivity contribution is 0.299. The summed E-state index contributed by atoms with van der Waals surface area (Å²) >= 11 is 0. The summed E-state index contributed by atoms with van der Waals surface area (Å²) in [6.45, 7) is 2.00. The molecule has 0 saturated carbocycles. The third-order valence-electron chi connectivity index (χ3n) is 2.87. The predicted molar refractivity (Wildman–Crippen MR) is 74.5 cm³/mol. The topological polar surface area (TPSA) is 35.2 Å². The first-order valence-electron chi connectivity index (χ1n) is 6.46. The van der Waals surface area contributed by atoms with Gasteiger partial charge in [0, 0.05) is 17.7 Å². The van der Waals surface area contributed by atoms with Gasteiger partial charge in [0.1, 0.15) is 24.0 Å². The highest BCUT2D eigenvalue weighted by Gasteiger charge is 2.05. The fourth-order valence-corrected chi connectivity index (χ4v) is 1.93. The minimum absolute atomic E-state index is 0.0632. The number of hydrogen-bond acceptors (Lipinski definition) is 2. The maximum atomic E-state index is 13.5. The van der Waals surface area contributed by atoms with Crippen LogP contribution in [0.15, 0.2) is 42.5 Å². The maximum absolute atomic E-state index is 13.5. The molecule has 20 heavy (non-hydrogen) atoms. The summed E-state index contributed by atoms with van der Waals surface area (Å²) < 4.78 is 31.8. The molecule has 0 radical (unpaired) electrons. The molecule has 0 bridgehead atoms. The predicted octanol–water partition coefficient (Wildman–Crippen LogP) is 3.43. The molecule has 0 spiro atoms. The van der Waals surface area contributed by atoms with E-state index in [1.54, 1.807) is 6.07 Å². The normalized spacial score (nSPS) is 12.2. The van der Waals surface area contributed by atoms with Gasteiger partial charge in [-0.15, -0.1) is 0 Å². The van der Waals surface area contributed by atoms with Crippen LogP contribution in [0.2, 0.25) is 0 Å². The van der Waals surface area contributed by atoms with Gasteiger partial charge in [0.15, 0.2) is 0 Å². The Morgan fingerprint density at radius 1 is 1.15 bits per heavy atom. The van der Waals surface area contributed by atoms with Crippen LogP contribution >= 0.6 is 0 Å². The van der Waals surface area contributed by atoms with E-state index in [0.29, 0.717) is 11.3 Å². The van der Waals surface area contributed by atoms with Crippen LogP contribution in [0, 0.1) is 11.6 Å². The van der Waals surface area contributed by atoms with Gasteiger partial charge in [-0.2, -0.15) is 0 Å². The first-order chi connectivity index (χ1) is 9.54. The molecule has 0 saturated heterocycles. The zero-order chi connectivity index (χ0) is 14.5. The molecular weight excluding hydrogens is 260 g/mol. The van der Waals surface area contributed by atoms with Crippen molar-refractivity contribution in [3.8, 4) is 5.75 Å². The molecule has 106 valence electrons. The number of nitrogens with two attached hydrogens (primary N) is 1. The second-order valence-electron chi connectivity index (χ2n) is 4.85. The van der Waals surface area contributed by atoms with E-state index in [4.69, 9.17) is 10.5 Å². The molecule has 0 aliphatic rings. The van der Waals surface area contributed by atoms with Crippen LogP contribution in [0.4, 0.5) is 8.78 Å². The second-order valence-corrected chi connectivity index (χ2v) is 4.85. The molecule has 0 aromatic heterocycles. The van der Waals surface area contributed by atoms with Gasteiger partial charge in [-0.25, -0.2) is 8.78 Å². The zero-order valence-electron chi connectivity index (χ0n) is 11.3. The Balaban J connectivity index is 2.03. The fourth-order valence-electron chi connectivity index (χ4n) is 1.93.